The van der Waals surface area contributed by atoms with Crippen LogP contribution in [0.15, 0.2) is 18.2 Å². The molecule has 23 heavy (non-hydrogen) atoms. The van der Waals surface area contributed by atoms with Crippen LogP contribution in [0.1, 0.15) is 12.0 Å². The topological polar surface area (TPSA) is 63.2 Å². The van der Waals surface area contributed by atoms with Crippen molar-refractivity contribution < 1.29 is 30.8 Å². The predicted molar refractivity (Wildman–Crippen MR) is 79.5 cm³/mol. The lowest BCUT2D eigenvalue weighted by Crippen LogP contribution is -2.18. The Morgan fingerprint density at radius 3 is 2.61 bits per heavy atom. The maximum absolute atomic E-state index is 13.1. The van der Waals surface area contributed by atoms with E-state index >= 15 is 0 Å². The number of hydrogen-bond donors (Lipinski definition) is 1. The molecule has 1 heterocycles. The summed E-state index contributed by atoms with van der Waals surface area (Å²) in [5.74, 6) is -1.99. The molecule has 1 aliphatic heterocycles. The fourth-order valence-electron chi connectivity index (χ4n) is 2.10. The molecule has 0 bridgehead atoms. The maximum Gasteiger partial charge on any atom is 0.419 e. The zero-order valence-corrected chi connectivity index (χ0v) is 13.3. The number of carbonyl (C=O) groups is 1. The van der Waals surface area contributed by atoms with Gasteiger partial charge in [0.15, 0.2) is 9.84 Å². The van der Waals surface area contributed by atoms with E-state index in [0.29, 0.717) is 18.6 Å². The number of nitrogens with one attached hydrogen (secondary N) is 1. The first-order chi connectivity index (χ1) is 10.6. The van der Waals surface area contributed by atoms with Crippen molar-refractivity contribution >= 4 is 33.2 Å². The maximum atomic E-state index is 13.1. The van der Waals surface area contributed by atoms with Crippen LogP contribution in [0.4, 0.5) is 23.2 Å². The van der Waals surface area contributed by atoms with Gasteiger partial charge in [0.05, 0.1) is 22.8 Å². The molecule has 1 saturated heterocycles. The summed E-state index contributed by atoms with van der Waals surface area (Å²) in [6, 6.07) is 2.19. The molecular formula is C13H13F4NO3S2. The normalized spacial score (nSPS) is 20.4. The zero-order valence-electron chi connectivity index (χ0n) is 11.7. The third kappa shape index (κ3) is 5.10. The molecule has 0 aliphatic carbocycles. The van der Waals surface area contributed by atoms with Crippen LogP contribution in [0.2, 0.25) is 0 Å². The Morgan fingerprint density at radius 2 is 2.04 bits per heavy atom. The number of halogens is 4. The van der Waals surface area contributed by atoms with Crippen molar-refractivity contribution in [2.24, 2.45) is 0 Å². The number of amides is 1. The molecule has 0 unspecified atom stereocenters. The summed E-state index contributed by atoms with van der Waals surface area (Å²) >= 11 is 1.14. The van der Waals surface area contributed by atoms with E-state index in [1.54, 1.807) is 0 Å². The average molecular weight is 371 g/mol. The van der Waals surface area contributed by atoms with Crippen LogP contribution in [0.25, 0.3) is 0 Å². The van der Waals surface area contributed by atoms with E-state index in [9.17, 15) is 30.8 Å². The van der Waals surface area contributed by atoms with Gasteiger partial charge in [0.2, 0.25) is 5.91 Å². The number of benzene rings is 1. The molecule has 10 heteroatoms. The van der Waals surface area contributed by atoms with Crippen molar-refractivity contribution in [1.82, 2.24) is 0 Å². The zero-order chi connectivity index (χ0) is 17.3. The summed E-state index contributed by atoms with van der Waals surface area (Å²) in [5.41, 5.74) is -1.62. The van der Waals surface area contributed by atoms with Gasteiger partial charge in [-0.3, -0.25) is 4.79 Å². The number of alkyl halides is 3. The lowest BCUT2D eigenvalue weighted by Gasteiger charge is -2.11. The Kier molecular flexibility index (Phi) is 5.24. The molecule has 2 rings (SSSR count). The Balaban J connectivity index is 1.93. The summed E-state index contributed by atoms with van der Waals surface area (Å²) < 4.78 is 73.4. The number of hydrogen-bond acceptors (Lipinski definition) is 4. The molecule has 1 amide bonds. The highest BCUT2D eigenvalue weighted by molar-refractivity contribution is 8.02. The Bertz CT molecular complexity index is 704. The first-order valence-electron chi connectivity index (χ1n) is 6.55. The van der Waals surface area contributed by atoms with Gasteiger partial charge in [0, 0.05) is 10.9 Å². The number of carbonyl (C=O) groups excluding carboxylic acids is 1. The second-order valence-electron chi connectivity index (χ2n) is 5.08. The molecule has 0 aromatic heterocycles. The number of thioether (sulfide) groups is 1. The molecule has 1 aromatic carbocycles. The van der Waals surface area contributed by atoms with Crippen molar-refractivity contribution in [2.45, 2.75) is 17.8 Å². The smallest absolute Gasteiger partial charge is 0.325 e. The van der Waals surface area contributed by atoms with Crippen molar-refractivity contribution in [1.29, 1.82) is 0 Å². The molecule has 1 N–H and O–H groups in total. The molecule has 128 valence electrons. The van der Waals surface area contributed by atoms with Crippen LogP contribution >= 0.6 is 11.8 Å². The second kappa shape index (κ2) is 6.68. The highest BCUT2D eigenvalue weighted by atomic mass is 32.2. The molecule has 1 aliphatic rings. The van der Waals surface area contributed by atoms with Gasteiger partial charge in [-0.2, -0.15) is 13.2 Å². The first kappa shape index (κ1) is 18.1. The van der Waals surface area contributed by atoms with Gasteiger partial charge in [-0.25, -0.2) is 12.8 Å². The van der Waals surface area contributed by atoms with Crippen molar-refractivity contribution in [3.63, 3.8) is 0 Å². The first-order valence-corrected chi connectivity index (χ1v) is 9.42. The van der Waals surface area contributed by atoms with E-state index in [-0.39, 0.29) is 28.2 Å². The van der Waals surface area contributed by atoms with Gasteiger partial charge >= 0.3 is 6.18 Å². The Morgan fingerprint density at radius 1 is 1.35 bits per heavy atom. The van der Waals surface area contributed by atoms with Gasteiger partial charge in [-0.05, 0) is 24.6 Å². The summed E-state index contributed by atoms with van der Waals surface area (Å²) in [6.07, 6.45) is -4.40. The second-order valence-corrected chi connectivity index (χ2v) is 8.59. The van der Waals surface area contributed by atoms with Gasteiger partial charge < -0.3 is 5.32 Å². The van der Waals surface area contributed by atoms with Crippen LogP contribution in [-0.2, 0) is 20.8 Å². The van der Waals surface area contributed by atoms with Crippen molar-refractivity contribution in [3.8, 4) is 0 Å². The third-order valence-corrected chi connectivity index (χ3v) is 6.48. The number of sulfone groups is 1. The number of rotatable bonds is 4. The van der Waals surface area contributed by atoms with Crippen LogP contribution in [0.5, 0.6) is 0 Å². The van der Waals surface area contributed by atoms with Crippen LogP contribution < -0.4 is 5.32 Å². The van der Waals surface area contributed by atoms with E-state index in [1.165, 1.54) is 0 Å². The SMILES string of the molecule is O=C(CS[C@@H]1CCS(=O)(=O)C1)Nc1ccc(F)c(C(F)(F)F)c1. The van der Waals surface area contributed by atoms with E-state index in [0.717, 1.165) is 17.8 Å². The molecule has 0 spiro atoms. The van der Waals surface area contributed by atoms with Crippen molar-refractivity contribution in [2.75, 3.05) is 22.6 Å². The van der Waals surface area contributed by atoms with Gasteiger partial charge in [0.25, 0.3) is 0 Å². The molecule has 4 nitrogen and oxygen atoms in total. The fourth-order valence-corrected chi connectivity index (χ4v) is 5.55. The third-order valence-electron chi connectivity index (χ3n) is 3.20. The minimum Gasteiger partial charge on any atom is -0.325 e. The summed E-state index contributed by atoms with van der Waals surface area (Å²) in [6.45, 7) is 0. The van der Waals surface area contributed by atoms with E-state index in [1.807, 2.05) is 0 Å². The molecule has 1 aromatic rings. The minimum atomic E-state index is -4.85. The fraction of sp³-hybridized carbons (Fsp3) is 0.462. The molecule has 1 fully saturated rings. The Hall–Kier alpha value is -1.29. The van der Waals surface area contributed by atoms with Crippen LogP contribution in [0.3, 0.4) is 0 Å². The molecule has 0 saturated carbocycles. The van der Waals surface area contributed by atoms with Gasteiger partial charge in [0.1, 0.15) is 5.82 Å². The van der Waals surface area contributed by atoms with E-state index in [4.69, 9.17) is 0 Å². The van der Waals surface area contributed by atoms with E-state index < -0.39 is 33.3 Å². The molecule has 0 radical (unpaired) electrons. The van der Waals surface area contributed by atoms with Crippen molar-refractivity contribution in [3.05, 3.63) is 29.6 Å². The number of anilines is 1. The highest BCUT2D eigenvalue weighted by Crippen LogP contribution is 2.33. The summed E-state index contributed by atoms with van der Waals surface area (Å²) in [4.78, 5) is 11.7. The largest absolute Gasteiger partial charge is 0.419 e. The van der Waals surface area contributed by atoms with Gasteiger partial charge in [-0.15, -0.1) is 11.8 Å². The standard InChI is InChI=1S/C13H13F4NO3S2/c14-11-2-1-8(5-10(11)13(15,16)17)18-12(19)6-22-9-3-4-23(20,21)7-9/h1-2,5,9H,3-4,6-7H2,(H,18,19)/t9-/m1/s1. The molecule has 1 atom stereocenters. The molecular weight excluding hydrogens is 358 g/mol. The minimum absolute atomic E-state index is 0.000281. The Labute approximate surface area is 134 Å². The van der Waals surface area contributed by atoms with Crippen LogP contribution in [0, 0.1) is 5.82 Å². The lowest BCUT2D eigenvalue weighted by atomic mass is 10.2. The van der Waals surface area contributed by atoms with Crippen LogP contribution in [-0.4, -0.2) is 36.8 Å². The van der Waals surface area contributed by atoms with Gasteiger partial charge in [-0.1, -0.05) is 0 Å². The summed E-state index contributed by atoms with van der Waals surface area (Å²) in [7, 11) is -3.05. The average Bonchev–Trinajstić information content (AvgIpc) is 2.77. The quantitative estimate of drug-likeness (QED) is 0.827. The summed E-state index contributed by atoms with van der Waals surface area (Å²) in [5, 5.41) is 2.06. The van der Waals surface area contributed by atoms with E-state index in [2.05, 4.69) is 5.32 Å². The highest BCUT2D eigenvalue weighted by Gasteiger charge is 2.34. The predicted octanol–water partition coefficient (Wildman–Crippen LogP) is 2.70. The lowest BCUT2D eigenvalue weighted by molar-refractivity contribution is -0.140. The monoisotopic (exact) mass is 371 g/mol.